The molecule has 6 heteroatoms. The number of rotatable bonds is 8. The standard InChI is InChI=1S/C25H26N2O4/c1-17-9-11-21(12-10-17)31-16-19(3)26-25(29)23(15-22-8-5-13-30-22)27-24(28)20-7-4-6-18(2)14-20/h4-15,19H,16H2,1-3H3,(H,26,29)(H,27,28)/b23-15-. The molecule has 1 unspecified atom stereocenters. The Bertz CT molecular complexity index is 1050. The Kier molecular flexibility index (Phi) is 7.27. The lowest BCUT2D eigenvalue weighted by molar-refractivity contribution is -0.118. The van der Waals surface area contributed by atoms with Crippen molar-refractivity contribution in [1.82, 2.24) is 10.6 Å². The summed E-state index contributed by atoms with van der Waals surface area (Å²) in [5.74, 6) is 0.377. The van der Waals surface area contributed by atoms with Crippen LogP contribution in [0.1, 0.15) is 34.2 Å². The van der Waals surface area contributed by atoms with E-state index in [-0.39, 0.29) is 24.3 Å². The zero-order valence-corrected chi connectivity index (χ0v) is 17.8. The SMILES string of the molecule is Cc1ccc(OCC(C)NC(=O)/C(=C/c2ccco2)NC(=O)c2cccc(C)c2)cc1. The van der Waals surface area contributed by atoms with Gasteiger partial charge >= 0.3 is 0 Å². The van der Waals surface area contributed by atoms with E-state index in [0.717, 1.165) is 16.9 Å². The summed E-state index contributed by atoms with van der Waals surface area (Å²) in [6.45, 7) is 6.02. The van der Waals surface area contributed by atoms with Gasteiger partial charge < -0.3 is 19.8 Å². The first kappa shape index (κ1) is 21.9. The Labute approximate surface area is 181 Å². The van der Waals surface area contributed by atoms with Crippen LogP contribution in [0, 0.1) is 13.8 Å². The minimum Gasteiger partial charge on any atom is -0.491 e. The lowest BCUT2D eigenvalue weighted by atomic mass is 10.1. The summed E-state index contributed by atoms with van der Waals surface area (Å²) in [7, 11) is 0. The van der Waals surface area contributed by atoms with Crippen molar-refractivity contribution in [3.63, 3.8) is 0 Å². The summed E-state index contributed by atoms with van der Waals surface area (Å²) in [6, 6.07) is 18.0. The van der Waals surface area contributed by atoms with Crippen molar-refractivity contribution >= 4 is 17.9 Å². The fraction of sp³-hybridized carbons (Fsp3) is 0.200. The van der Waals surface area contributed by atoms with Crippen LogP contribution in [0.4, 0.5) is 0 Å². The van der Waals surface area contributed by atoms with E-state index in [1.165, 1.54) is 12.3 Å². The first-order valence-electron chi connectivity index (χ1n) is 10.0. The molecule has 3 aromatic rings. The van der Waals surface area contributed by atoms with Crippen LogP contribution in [0.2, 0.25) is 0 Å². The van der Waals surface area contributed by atoms with E-state index in [1.807, 2.05) is 51.1 Å². The van der Waals surface area contributed by atoms with Gasteiger partial charge in [0.25, 0.3) is 11.8 Å². The topological polar surface area (TPSA) is 80.6 Å². The minimum absolute atomic E-state index is 0.0867. The van der Waals surface area contributed by atoms with Crippen LogP contribution >= 0.6 is 0 Å². The maximum atomic E-state index is 12.9. The second-order valence-corrected chi connectivity index (χ2v) is 7.40. The van der Waals surface area contributed by atoms with Crippen LogP contribution < -0.4 is 15.4 Å². The van der Waals surface area contributed by atoms with Crippen LogP contribution in [-0.2, 0) is 4.79 Å². The van der Waals surface area contributed by atoms with E-state index in [9.17, 15) is 9.59 Å². The first-order valence-corrected chi connectivity index (χ1v) is 10.0. The average Bonchev–Trinajstić information content (AvgIpc) is 3.26. The van der Waals surface area contributed by atoms with Crippen molar-refractivity contribution in [3.8, 4) is 5.75 Å². The van der Waals surface area contributed by atoms with Crippen molar-refractivity contribution in [2.24, 2.45) is 0 Å². The van der Waals surface area contributed by atoms with Gasteiger partial charge in [0.15, 0.2) is 0 Å². The molecule has 0 bridgehead atoms. The Morgan fingerprint density at radius 3 is 2.48 bits per heavy atom. The number of hydrogen-bond acceptors (Lipinski definition) is 4. The summed E-state index contributed by atoms with van der Waals surface area (Å²) < 4.78 is 11.0. The van der Waals surface area contributed by atoms with E-state index < -0.39 is 5.91 Å². The smallest absolute Gasteiger partial charge is 0.268 e. The van der Waals surface area contributed by atoms with Gasteiger partial charge in [-0.2, -0.15) is 0 Å². The van der Waals surface area contributed by atoms with E-state index in [4.69, 9.17) is 9.15 Å². The predicted octanol–water partition coefficient (Wildman–Crippen LogP) is 4.25. The zero-order valence-electron chi connectivity index (χ0n) is 17.8. The van der Waals surface area contributed by atoms with Crippen molar-refractivity contribution in [3.05, 3.63) is 95.1 Å². The van der Waals surface area contributed by atoms with Gasteiger partial charge in [-0.15, -0.1) is 0 Å². The number of carbonyl (C=O) groups is 2. The number of nitrogens with one attached hydrogen (secondary N) is 2. The van der Waals surface area contributed by atoms with Gasteiger partial charge in [0.2, 0.25) is 0 Å². The number of benzene rings is 2. The molecule has 2 aromatic carbocycles. The van der Waals surface area contributed by atoms with E-state index in [1.54, 1.807) is 30.3 Å². The molecular formula is C25H26N2O4. The number of amides is 2. The van der Waals surface area contributed by atoms with Gasteiger partial charge in [-0.3, -0.25) is 9.59 Å². The van der Waals surface area contributed by atoms with Gasteiger partial charge in [-0.25, -0.2) is 0 Å². The highest BCUT2D eigenvalue weighted by molar-refractivity contribution is 6.05. The summed E-state index contributed by atoms with van der Waals surface area (Å²) in [6.07, 6.45) is 3.00. The fourth-order valence-electron chi connectivity index (χ4n) is 2.85. The molecule has 0 radical (unpaired) electrons. The van der Waals surface area contributed by atoms with Crippen molar-refractivity contribution in [2.75, 3.05) is 6.61 Å². The Morgan fingerprint density at radius 1 is 1.03 bits per heavy atom. The van der Waals surface area contributed by atoms with Gasteiger partial charge in [-0.05, 0) is 57.2 Å². The summed E-state index contributed by atoms with van der Waals surface area (Å²) in [5.41, 5.74) is 2.65. The highest BCUT2D eigenvalue weighted by atomic mass is 16.5. The lowest BCUT2D eigenvalue weighted by Crippen LogP contribution is -2.41. The normalized spacial score (nSPS) is 12.2. The molecule has 1 atom stereocenters. The maximum Gasteiger partial charge on any atom is 0.268 e. The van der Waals surface area contributed by atoms with Crippen LogP contribution in [0.3, 0.4) is 0 Å². The third-order valence-electron chi connectivity index (χ3n) is 4.50. The van der Waals surface area contributed by atoms with E-state index in [0.29, 0.717) is 11.3 Å². The molecule has 0 aliphatic heterocycles. The maximum absolute atomic E-state index is 12.9. The second-order valence-electron chi connectivity index (χ2n) is 7.40. The molecule has 160 valence electrons. The van der Waals surface area contributed by atoms with Gasteiger partial charge in [0, 0.05) is 11.6 Å². The van der Waals surface area contributed by atoms with E-state index >= 15 is 0 Å². The third kappa shape index (κ3) is 6.60. The predicted molar refractivity (Wildman–Crippen MR) is 120 cm³/mol. The molecule has 2 amide bonds. The van der Waals surface area contributed by atoms with Gasteiger partial charge in [0.1, 0.15) is 23.8 Å². The number of furan rings is 1. The molecule has 1 heterocycles. The molecule has 0 spiro atoms. The van der Waals surface area contributed by atoms with Crippen LogP contribution in [0.5, 0.6) is 5.75 Å². The van der Waals surface area contributed by atoms with Crippen molar-refractivity contribution < 1.29 is 18.7 Å². The van der Waals surface area contributed by atoms with Crippen molar-refractivity contribution in [1.29, 1.82) is 0 Å². The zero-order chi connectivity index (χ0) is 22.2. The Hall–Kier alpha value is -3.80. The van der Waals surface area contributed by atoms with Crippen LogP contribution in [0.15, 0.2) is 77.0 Å². The number of carbonyl (C=O) groups excluding carboxylic acids is 2. The average molecular weight is 418 g/mol. The summed E-state index contributed by atoms with van der Waals surface area (Å²) in [4.78, 5) is 25.6. The highest BCUT2D eigenvalue weighted by Crippen LogP contribution is 2.12. The fourth-order valence-corrected chi connectivity index (χ4v) is 2.85. The summed E-state index contributed by atoms with van der Waals surface area (Å²) >= 11 is 0. The lowest BCUT2D eigenvalue weighted by Gasteiger charge is -2.17. The molecular weight excluding hydrogens is 392 g/mol. The second kappa shape index (κ2) is 10.3. The molecule has 31 heavy (non-hydrogen) atoms. The number of aryl methyl sites for hydroxylation is 2. The molecule has 6 nitrogen and oxygen atoms in total. The number of ether oxygens (including phenoxy) is 1. The largest absolute Gasteiger partial charge is 0.491 e. The molecule has 0 saturated heterocycles. The summed E-state index contributed by atoms with van der Waals surface area (Å²) in [5, 5.41) is 5.55. The van der Waals surface area contributed by atoms with Crippen LogP contribution in [-0.4, -0.2) is 24.5 Å². The monoisotopic (exact) mass is 418 g/mol. The molecule has 0 saturated carbocycles. The Morgan fingerprint density at radius 2 is 1.81 bits per heavy atom. The molecule has 3 rings (SSSR count). The quantitative estimate of drug-likeness (QED) is 0.536. The molecule has 2 N–H and O–H groups in total. The molecule has 0 aliphatic carbocycles. The molecule has 1 aromatic heterocycles. The van der Waals surface area contributed by atoms with Gasteiger partial charge in [0.05, 0.1) is 12.3 Å². The number of hydrogen-bond donors (Lipinski definition) is 2. The third-order valence-corrected chi connectivity index (χ3v) is 4.50. The molecule has 0 fully saturated rings. The van der Waals surface area contributed by atoms with Gasteiger partial charge in [-0.1, -0.05) is 35.4 Å². The molecule has 0 aliphatic rings. The van der Waals surface area contributed by atoms with Crippen LogP contribution in [0.25, 0.3) is 6.08 Å². The van der Waals surface area contributed by atoms with E-state index in [2.05, 4.69) is 10.6 Å². The minimum atomic E-state index is -0.433. The highest BCUT2D eigenvalue weighted by Gasteiger charge is 2.17. The Balaban J connectivity index is 1.67. The first-order chi connectivity index (χ1) is 14.9. The van der Waals surface area contributed by atoms with Crippen molar-refractivity contribution in [2.45, 2.75) is 26.8 Å².